The minimum atomic E-state index is -0.00596. The molecule has 1 aliphatic rings. The molecule has 1 atom stereocenters. The quantitative estimate of drug-likeness (QED) is 0.908. The molecule has 5 nitrogen and oxygen atoms in total. The summed E-state index contributed by atoms with van der Waals surface area (Å²) in [6, 6.07) is 0. The van der Waals surface area contributed by atoms with Crippen LogP contribution in [0, 0.1) is 5.92 Å². The molecular formula is C15H26N4OS. The number of hydrogen-bond acceptors (Lipinski definition) is 5. The lowest BCUT2D eigenvalue weighted by molar-refractivity contribution is 0.0780. The Morgan fingerprint density at radius 3 is 2.71 bits per heavy atom. The number of aromatic nitrogens is 1. The van der Waals surface area contributed by atoms with Crippen molar-refractivity contribution in [2.45, 2.75) is 39.5 Å². The largest absolute Gasteiger partial charge is 0.382 e. The predicted octanol–water partition coefficient (Wildman–Crippen LogP) is 2.83. The first-order valence-corrected chi connectivity index (χ1v) is 8.61. The molecule has 1 aromatic rings. The Hall–Kier alpha value is -1.30. The smallest absolute Gasteiger partial charge is 0.267 e. The summed E-state index contributed by atoms with van der Waals surface area (Å²) in [6.07, 6.45) is 4.73. The second kappa shape index (κ2) is 7.11. The summed E-state index contributed by atoms with van der Waals surface area (Å²) in [7, 11) is 1.84. The number of nitrogens with zero attached hydrogens (tertiary/aromatic N) is 3. The van der Waals surface area contributed by atoms with E-state index in [2.05, 4.69) is 23.7 Å². The lowest BCUT2D eigenvalue weighted by Crippen LogP contribution is -2.30. The van der Waals surface area contributed by atoms with Gasteiger partial charge in [-0.1, -0.05) is 31.6 Å². The van der Waals surface area contributed by atoms with Crippen molar-refractivity contribution in [1.29, 1.82) is 0 Å². The lowest BCUT2D eigenvalue weighted by Gasteiger charge is -2.25. The fourth-order valence-corrected chi connectivity index (χ4v) is 3.58. The number of nitrogen functional groups attached to an aromatic ring is 1. The summed E-state index contributed by atoms with van der Waals surface area (Å²) < 4.78 is 0. The Kier molecular flexibility index (Phi) is 5.45. The second-order valence-corrected chi connectivity index (χ2v) is 6.94. The standard InChI is InChI=1S/C15H26N4OS/c1-4-11(2)10-18(3)14(20)12-13(16)17-15(21-12)19-8-6-5-7-9-19/h11H,4-10,16H2,1-3H3. The zero-order valence-electron chi connectivity index (χ0n) is 13.3. The van der Waals surface area contributed by atoms with Gasteiger partial charge in [0.15, 0.2) is 5.13 Å². The average Bonchev–Trinajstić information content (AvgIpc) is 2.89. The van der Waals surface area contributed by atoms with Crippen molar-refractivity contribution in [3.63, 3.8) is 0 Å². The highest BCUT2D eigenvalue weighted by molar-refractivity contribution is 7.18. The highest BCUT2D eigenvalue weighted by Crippen LogP contribution is 2.30. The van der Waals surface area contributed by atoms with Gasteiger partial charge in [-0.3, -0.25) is 4.79 Å². The Labute approximate surface area is 131 Å². The monoisotopic (exact) mass is 310 g/mol. The second-order valence-electron chi connectivity index (χ2n) is 5.96. The van der Waals surface area contributed by atoms with Crippen molar-refractivity contribution < 1.29 is 4.79 Å². The first-order chi connectivity index (χ1) is 10.0. The van der Waals surface area contributed by atoms with Gasteiger partial charge >= 0.3 is 0 Å². The molecule has 0 aliphatic carbocycles. The van der Waals surface area contributed by atoms with Crippen LogP contribution in [-0.2, 0) is 0 Å². The maximum Gasteiger partial charge on any atom is 0.267 e. The Bertz CT molecular complexity index is 482. The van der Waals surface area contributed by atoms with Gasteiger partial charge in [0, 0.05) is 26.7 Å². The van der Waals surface area contributed by atoms with Crippen LogP contribution in [0.2, 0.25) is 0 Å². The third-order valence-electron chi connectivity index (χ3n) is 4.09. The average molecular weight is 310 g/mol. The molecule has 1 unspecified atom stereocenters. The lowest BCUT2D eigenvalue weighted by atomic mass is 10.1. The SMILES string of the molecule is CCC(C)CN(C)C(=O)c1sc(N2CCCCC2)nc1N. The maximum absolute atomic E-state index is 12.5. The van der Waals surface area contributed by atoms with Crippen LogP contribution >= 0.6 is 11.3 Å². The molecule has 2 N–H and O–H groups in total. The number of carbonyl (C=O) groups excluding carboxylic acids is 1. The highest BCUT2D eigenvalue weighted by Gasteiger charge is 2.23. The van der Waals surface area contributed by atoms with Crippen LogP contribution in [-0.4, -0.2) is 42.5 Å². The van der Waals surface area contributed by atoms with E-state index < -0.39 is 0 Å². The van der Waals surface area contributed by atoms with Gasteiger partial charge in [-0.15, -0.1) is 0 Å². The molecular weight excluding hydrogens is 284 g/mol. The number of piperidine rings is 1. The van der Waals surface area contributed by atoms with E-state index in [-0.39, 0.29) is 5.91 Å². The molecule has 6 heteroatoms. The van der Waals surface area contributed by atoms with Crippen molar-refractivity contribution in [3.05, 3.63) is 4.88 Å². The maximum atomic E-state index is 12.5. The van der Waals surface area contributed by atoms with Crippen molar-refractivity contribution in [2.75, 3.05) is 37.3 Å². The van der Waals surface area contributed by atoms with Gasteiger partial charge in [-0.25, -0.2) is 4.98 Å². The zero-order valence-corrected chi connectivity index (χ0v) is 14.1. The van der Waals surface area contributed by atoms with Gasteiger partial charge in [0.1, 0.15) is 10.7 Å². The third-order valence-corrected chi connectivity index (χ3v) is 5.21. The van der Waals surface area contributed by atoms with E-state index in [0.29, 0.717) is 16.6 Å². The topological polar surface area (TPSA) is 62.5 Å². The van der Waals surface area contributed by atoms with Crippen LogP contribution in [0.3, 0.4) is 0 Å². The predicted molar refractivity (Wildman–Crippen MR) is 89.0 cm³/mol. The highest BCUT2D eigenvalue weighted by atomic mass is 32.1. The number of hydrogen-bond donors (Lipinski definition) is 1. The Morgan fingerprint density at radius 2 is 2.10 bits per heavy atom. The summed E-state index contributed by atoms with van der Waals surface area (Å²) in [4.78, 5) is 21.5. The molecule has 0 bridgehead atoms. The van der Waals surface area contributed by atoms with Crippen molar-refractivity contribution in [1.82, 2.24) is 9.88 Å². The van der Waals surface area contributed by atoms with Crippen molar-refractivity contribution in [2.24, 2.45) is 5.92 Å². The van der Waals surface area contributed by atoms with E-state index >= 15 is 0 Å². The van der Waals surface area contributed by atoms with E-state index in [0.717, 1.165) is 31.2 Å². The molecule has 0 radical (unpaired) electrons. The molecule has 0 aromatic carbocycles. The number of anilines is 2. The molecule has 2 heterocycles. The summed E-state index contributed by atoms with van der Waals surface area (Å²) in [5.74, 6) is 0.866. The fraction of sp³-hybridized carbons (Fsp3) is 0.733. The number of nitrogens with two attached hydrogens (primary N) is 1. The molecule has 1 amide bonds. The van der Waals surface area contributed by atoms with Crippen molar-refractivity contribution in [3.8, 4) is 0 Å². The molecule has 118 valence electrons. The Balaban J connectivity index is 2.08. The zero-order chi connectivity index (χ0) is 15.4. The summed E-state index contributed by atoms with van der Waals surface area (Å²) in [5, 5.41) is 0.896. The molecule has 0 saturated carbocycles. The molecule has 1 saturated heterocycles. The number of thiazole rings is 1. The van der Waals surface area contributed by atoms with E-state index in [1.165, 1.54) is 30.6 Å². The Morgan fingerprint density at radius 1 is 1.43 bits per heavy atom. The van der Waals surface area contributed by atoms with Crippen LogP contribution in [0.1, 0.15) is 49.2 Å². The van der Waals surface area contributed by atoms with Gasteiger partial charge in [0.25, 0.3) is 5.91 Å². The molecule has 0 spiro atoms. The molecule has 1 fully saturated rings. The first-order valence-electron chi connectivity index (χ1n) is 7.79. The van der Waals surface area contributed by atoms with E-state index in [4.69, 9.17) is 5.73 Å². The number of amides is 1. The molecule has 1 aliphatic heterocycles. The minimum Gasteiger partial charge on any atom is -0.382 e. The van der Waals surface area contributed by atoms with Crippen molar-refractivity contribution >= 4 is 28.2 Å². The van der Waals surface area contributed by atoms with E-state index in [9.17, 15) is 4.79 Å². The van der Waals surface area contributed by atoms with Gasteiger partial charge in [0.05, 0.1) is 0 Å². The summed E-state index contributed by atoms with van der Waals surface area (Å²) >= 11 is 1.44. The van der Waals surface area contributed by atoms with Gasteiger partial charge < -0.3 is 15.5 Å². The number of carbonyl (C=O) groups is 1. The number of rotatable bonds is 5. The van der Waals surface area contributed by atoms with E-state index in [1.54, 1.807) is 4.90 Å². The minimum absolute atomic E-state index is 0.00596. The van der Waals surface area contributed by atoms with E-state index in [1.807, 2.05) is 7.05 Å². The first kappa shape index (κ1) is 16.1. The molecule has 1 aromatic heterocycles. The van der Waals surface area contributed by atoms with Gasteiger partial charge in [0.2, 0.25) is 0 Å². The van der Waals surface area contributed by atoms with Crippen LogP contribution in [0.5, 0.6) is 0 Å². The third kappa shape index (κ3) is 3.87. The fourth-order valence-electron chi connectivity index (χ4n) is 2.55. The molecule has 21 heavy (non-hydrogen) atoms. The van der Waals surface area contributed by atoms with Crippen LogP contribution in [0.25, 0.3) is 0 Å². The van der Waals surface area contributed by atoms with Crippen LogP contribution in [0.15, 0.2) is 0 Å². The summed E-state index contributed by atoms with van der Waals surface area (Å²) in [5.41, 5.74) is 5.98. The van der Waals surface area contributed by atoms with Crippen LogP contribution in [0.4, 0.5) is 10.9 Å². The normalized spacial score (nSPS) is 16.8. The van der Waals surface area contributed by atoms with Crippen LogP contribution < -0.4 is 10.6 Å². The molecule has 2 rings (SSSR count). The summed E-state index contributed by atoms with van der Waals surface area (Å²) in [6.45, 7) is 7.08. The van der Waals surface area contributed by atoms with Gasteiger partial charge in [-0.2, -0.15) is 0 Å². The van der Waals surface area contributed by atoms with Gasteiger partial charge in [-0.05, 0) is 25.2 Å².